The highest BCUT2D eigenvalue weighted by Gasteiger charge is 2.51. The average molecular weight is 335 g/mol. The van der Waals surface area contributed by atoms with E-state index in [4.69, 9.17) is 5.73 Å². The van der Waals surface area contributed by atoms with Crippen molar-refractivity contribution >= 4 is 24.0 Å². The van der Waals surface area contributed by atoms with Crippen molar-refractivity contribution in [3.05, 3.63) is 29.8 Å². The first-order chi connectivity index (χ1) is 10.7. The lowest BCUT2D eigenvalue weighted by atomic mass is 9.48. The Morgan fingerprint density at radius 2 is 1.57 bits per heavy atom. The summed E-state index contributed by atoms with van der Waals surface area (Å²) in [5, 5.41) is 2.92. The van der Waals surface area contributed by atoms with E-state index in [-0.39, 0.29) is 18.3 Å². The monoisotopic (exact) mass is 334 g/mol. The van der Waals surface area contributed by atoms with Crippen LogP contribution < -0.4 is 11.1 Å². The fraction of sp³-hybridized carbons (Fsp3) is 0.632. The first-order valence-corrected chi connectivity index (χ1v) is 8.77. The molecule has 3 nitrogen and oxygen atoms in total. The van der Waals surface area contributed by atoms with Crippen molar-refractivity contribution in [2.45, 2.75) is 50.4 Å². The second-order valence-corrected chi connectivity index (χ2v) is 7.86. The highest BCUT2D eigenvalue weighted by Crippen LogP contribution is 2.60. The van der Waals surface area contributed by atoms with Gasteiger partial charge >= 0.3 is 0 Å². The number of carbonyl (C=O) groups excluding carboxylic acids is 1. The number of benzene rings is 1. The van der Waals surface area contributed by atoms with E-state index in [0.29, 0.717) is 18.4 Å². The minimum Gasteiger partial charge on any atom is -0.330 e. The molecule has 1 aromatic carbocycles. The zero-order valence-electron chi connectivity index (χ0n) is 13.6. The summed E-state index contributed by atoms with van der Waals surface area (Å²) in [5.41, 5.74) is 8.25. The Hall–Kier alpha value is -1.06. The SMILES string of the molecule is Cl.NCCC(=O)Nc1ccc(C23CC4CC(CC(C4)C2)C3)cc1. The average Bonchev–Trinajstić information content (AvgIpc) is 2.46. The molecule has 0 saturated heterocycles. The van der Waals surface area contributed by atoms with Gasteiger partial charge in [0.05, 0.1) is 0 Å². The fourth-order valence-electron chi connectivity index (χ4n) is 5.73. The summed E-state index contributed by atoms with van der Waals surface area (Å²) in [6, 6.07) is 8.65. The second kappa shape index (κ2) is 6.45. The van der Waals surface area contributed by atoms with E-state index < -0.39 is 0 Å². The van der Waals surface area contributed by atoms with E-state index in [9.17, 15) is 4.79 Å². The first-order valence-electron chi connectivity index (χ1n) is 8.77. The molecular formula is C19H27ClN2O. The van der Waals surface area contributed by atoms with Crippen molar-refractivity contribution in [3.63, 3.8) is 0 Å². The summed E-state index contributed by atoms with van der Waals surface area (Å²) in [6.45, 7) is 0.400. The van der Waals surface area contributed by atoms with Gasteiger partial charge in [0.2, 0.25) is 5.91 Å². The van der Waals surface area contributed by atoms with Gasteiger partial charge in [-0.3, -0.25) is 4.79 Å². The number of hydrogen-bond donors (Lipinski definition) is 2. The number of hydrogen-bond acceptors (Lipinski definition) is 2. The van der Waals surface area contributed by atoms with Crippen LogP contribution in [0.5, 0.6) is 0 Å². The molecule has 4 fully saturated rings. The van der Waals surface area contributed by atoms with Gasteiger partial charge < -0.3 is 11.1 Å². The van der Waals surface area contributed by atoms with Crippen LogP contribution in [0.25, 0.3) is 0 Å². The fourth-order valence-corrected chi connectivity index (χ4v) is 5.73. The van der Waals surface area contributed by atoms with Crippen LogP contribution in [0.1, 0.15) is 50.5 Å². The van der Waals surface area contributed by atoms with Crippen LogP contribution in [0, 0.1) is 17.8 Å². The number of halogens is 1. The zero-order valence-corrected chi connectivity index (χ0v) is 14.4. The summed E-state index contributed by atoms with van der Waals surface area (Å²) >= 11 is 0. The van der Waals surface area contributed by atoms with Crippen molar-refractivity contribution in [2.24, 2.45) is 23.5 Å². The summed E-state index contributed by atoms with van der Waals surface area (Å²) in [5.74, 6) is 2.91. The molecule has 0 atom stereocenters. The van der Waals surface area contributed by atoms with Gasteiger partial charge in [-0.2, -0.15) is 0 Å². The number of anilines is 1. The standard InChI is InChI=1S/C19H26N2O.ClH/c20-6-5-18(22)21-17-3-1-16(2-4-17)19-10-13-7-14(11-19)9-15(8-13)12-19;/h1-4,13-15H,5-12,20H2,(H,21,22);1H. The molecule has 4 bridgehead atoms. The van der Waals surface area contributed by atoms with Crippen LogP contribution in [0.3, 0.4) is 0 Å². The summed E-state index contributed by atoms with van der Waals surface area (Å²) in [7, 11) is 0. The summed E-state index contributed by atoms with van der Waals surface area (Å²) in [4.78, 5) is 11.6. The third kappa shape index (κ3) is 3.14. The van der Waals surface area contributed by atoms with Gasteiger partial charge in [-0.1, -0.05) is 12.1 Å². The van der Waals surface area contributed by atoms with E-state index in [1.165, 1.54) is 44.1 Å². The quantitative estimate of drug-likeness (QED) is 0.878. The molecule has 0 unspecified atom stereocenters. The molecule has 0 radical (unpaired) electrons. The molecule has 23 heavy (non-hydrogen) atoms. The maximum atomic E-state index is 11.6. The third-order valence-electron chi connectivity index (χ3n) is 6.19. The topological polar surface area (TPSA) is 55.1 Å². The number of nitrogens with one attached hydrogen (secondary N) is 1. The van der Waals surface area contributed by atoms with E-state index >= 15 is 0 Å². The Balaban J connectivity index is 0.00000156. The molecule has 0 heterocycles. The predicted molar refractivity (Wildman–Crippen MR) is 95.8 cm³/mol. The Labute approximate surface area is 144 Å². The molecule has 4 heteroatoms. The minimum atomic E-state index is 0. The summed E-state index contributed by atoms with van der Waals surface area (Å²) < 4.78 is 0. The minimum absolute atomic E-state index is 0. The van der Waals surface area contributed by atoms with Crippen LogP contribution in [0.2, 0.25) is 0 Å². The van der Waals surface area contributed by atoms with Crippen LogP contribution >= 0.6 is 12.4 Å². The largest absolute Gasteiger partial charge is 0.330 e. The number of nitrogens with two attached hydrogens (primary N) is 1. The highest BCUT2D eigenvalue weighted by molar-refractivity contribution is 5.90. The smallest absolute Gasteiger partial charge is 0.225 e. The number of rotatable bonds is 4. The van der Waals surface area contributed by atoms with E-state index in [2.05, 4.69) is 29.6 Å². The van der Waals surface area contributed by atoms with Crippen molar-refractivity contribution < 1.29 is 4.79 Å². The molecule has 3 N–H and O–H groups in total. The summed E-state index contributed by atoms with van der Waals surface area (Å²) in [6.07, 6.45) is 8.98. The van der Waals surface area contributed by atoms with Crippen molar-refractivity contribution in [3.8, 4) is 0 Å². The lowest BCUT2D eigenvalue weighted by Gasteiger charge is -2.57. The molecule has 0 aliphatic heterocycles. The Bertz CT molecular complexity index is 534. The van der Waals surface area contributed by atoms with Crippen molar-refractivity contribution in [1.29, 1.82) is 0 Å². The van der Waals surface area contributed by atoms with Gasteiger partial charge in [0.1, 0.15) is 0 Å². The molecular weight excluding hydrogens is 308 g/mol. The maximum absolute atomic E-state index is 11.6. The molecule has 126 valence electrons. The number of carbonyl (C=O) groups is 1. The van der Waals surface area contributed by atoms with Crippen molar-refractivity contribution in [1.82, 2.24) is 0 Å². The molecule has 1 amide bonds. The lowest BCUT2D eigenvalue weighted by molar-refractivity contribution is -0.116. The molecule has 0 spiro atoms. The predicted octanol–water partition coefficient (Wildman–Crippen LogP) is 3.86. The Kier molecular flexibility index (Phi) is 4.70. The van der Waals surface area contributed by atoms with Crippen LogP contribution in [0.4, 0.5) is 5.69 Å². The molecule has 5 rings (SSSR count). The van der Waals surface area contributed by atoms with Crippen LogP contribution in [-0.2, 0) is 10.2 Å². The lowest BCUT2D eigenvalue weighted by Crippen LogP contribution is -2.48. The van der Waals surface area contributed by atoms with Gasteiger partial charge in [0.25, 0.3) is 0 Å². The highest BCUT2D eigenvalue weighted by atomic mass is 35.5. The van der Waals surface area contributed by atoms with Gasteiger partial charge in [-0.05, 0) is 79.4 Å². The molecule has 0 aromatic heterocycles. The molecule has 1 aromatic rings. The van der Waals surface area contributed by atoms with Crippen molar-refractivity contribution in [2.75, 3.05) is 11.9 Å². The number of amides is 1. The second-order valence-electron chi connectivity index (χ2n) is 7.86. The zero-order chi connectivity index (χ0) is 15.2. The van der Waals surface area contributed by atoms with Gasteiger partial charge in [0.15, 0.2) is 0 Å². The third-order valence-corrected chi connectivity index (χ3v) is 6.19. The van der Waals surface area contributed by atoms with E-state index in [1.54, 1.807) is 0 Å². The maximum Gasteiger partial charge on any atom is 0.225 e. The van der Waals surface area contributed by atoms with Gasteiger partial charge in [-0.15, -0.1) is 12.4 Å². The van der Waals surface area contributed by atoms with Gasteiger partial charge in [-0.25, -0.2) is 0 Å². The van der Waals surface area contributed by atoms with Gasteiger partial charge in [0, 0.05) is 18.7 Å². The Morgan fingerprint density at radius 1 is 1.04 bits per heavy atom. The van der Waals surface area contributed by atoms with Crippen LogP contribution in [0.15, 0.2) is 24.3 Å². The molecule has 4 saturated carbocycles. The molecule has 4 aliphatic carbocycles. The molecule has 4 aliphatic rings. The Morgan fingerprint density at radius 3 is 2.04 bits per heavy atom. The normalized spacial score (nSPS) is 34.0. The first kappa shape index (κ1) is 16.8. The van der Waals surface area contributed by atoms with Crippen LogP contribution in [-0.4, -0.2) is 12.5 Å². The van der Waals surface area contributed by atoms with E-state index in [0.717, 1.165) is 23.4 Å². The van der Waals surface area contributed by atoms with E-state index in [1.807, 2.05) is 0 Å².